The van der Waals surface area contributed by atoms with Gasteiger partial charge < -0.3 is 5.73 Å². The Morgan fingerprint density at radius 1 is 1.46 bits per heavy atom. The van der Waals surface area contributed by atoms with Crippen LogP contribution in [0.3, 0.4) is 0 Å². The fourth-order valence-electron chi connectivity index (χ4n) is 1.15. The highest BCUT2D eigenvalue weighted by molar-refractivity contribution is 7.14. The van der Waals surface area contributed by atoms with E-state index in [4.69, 9.17) is 5.73 Å². The summed E-state index contributed by atoms with van der Waals surface area (Å²) in [7, 11) is 0. The highest BCUT2D eigenvalue weighted by Gasteiger charge is 2.04. The number of aromatic nitrogens is 3. The van der Waals surface area contributed by atoms with Crippen LogP contribution in [-0.2, 0) is 6.54 Å². The van der Waals surface area contributed by atoms with Crippen molar-refractivity contribution in [2.75, 3.05) is 0 Å². The minimum absolute atomic E-state index is 0.596. The van der Waals surface area contributed by atoms with Crippen molar-refractivity contribution in [1.82, 2.24) is 14.8 Å². The van der Waals surface area contributed by atoms with Crippen molar-refractivity contribution in [3.8, 4) is 5.00 Å². The fourth-order valence-corrected chi connectivity index (χ4v) is 2.14. The van der Waals surface area contributed by atoms with E-state index in [9.17, 15) is 0 Å². The molecule has 5 heteroatoms. The molecule has 68 valence electrons. The average Bonchev–Trinajstić information content (AvgIpc) is 2.71. The first-order valence-corrected chi connectivity index (χ1v) is 4.77. The molecule has 2 heterocycles. The van der Waals surface area contributed by atoms with Gasteiger partial charge in [-0.25, -0.2) is 0 Å². The Balaban J connectivity index is 2.43. The van der Waals surface area contributed by atoms with E-state index in [-0.39, 0.29) is 0 Å². The van der Waals surface area contributed by atoms with Crippen molar-refractivity contribution >= 4 is 11.3 Å². The van der Waals surface area contributed by atoms with Crippen LogP contribution in [0, 0.1) is 6.92 Å². The molecule has 13 heavy (non-hydrogen) atoms. The van der Waals surface area contributed by atoms with Crippen LogP contribution in [0.25, 0.3) is 5.00 Å². The summed E-state index contributed by atoms with van der Waals surface area (Å²) in [6.45, 7) is 2.66. The molecule has 0 radical (unpaired) electrons. The van der Waals surface area contributed by atoms with Gasteiger partial charge in [0.2, 0.25) is 0 Å². The van der Waals surface area contributed by atoms with Gasteiger partial charge >= 0.3 is 0 Å². The number of rotatable bonds is 2. The van der Waals surface area contributed by atoms with Crippen LogP contribution in [0.5, 0.6) is 0 Å². The van der Waals surface area contributed by atoms with Gasteiger partial charge in [-0.05, 0) is 18.6 Å². The summed E-state index contributed by atoms with van der Waals surface area (Å²) in [5.41, 5.74) is 6.82. The third-order valence-electron chi connectivity index (χ3n) is 1.87. The van der Waals surface area contributed by atoms with E-state index in [0.717, 1.165) is 5.00 Å². The topological polar surface area (TPSA) is 56.7 Å². The van der Waals surface area contributed by atoms with Gasteiger partial charge in [-0.15, -0.1) is 21.5 Å². The van der Waals surface area contributed by atoms with Crippen molar-refractivity contribution in [2.24, 2.45) is 5.73 Å². The van der Waals surface area contributed by atoms with E-state index in [2.05, 4.69) is 23.2 Å². The minimum Gasteiger partial charge on any atom is -0.326 e. The summed E-state index contributed by atoms with van der Waals surface area (Å²) in [4.78, 5) is 1.21. The van der Waals surface area contributed by atoms with Crippen molar-refractivity contribution in [2.45, 2.75) is 13.5 Å². The molecule has 0 fully saturated rings. The minimum atomic E-state index is 0.596. The Morgan fingerprint density at radius 2 is 2.15 bits per heavy atom. The lowest BCUT2D eigenvalue weighted by Gasteiger charge is -1.92. The number of hydrogen-bond acceptors (Lipinski definition) is 4. The van der Waals surface area contributed by atoms with Crippen LogP contribution in [0.2, 0.25) is 0 Å². The van der Waals surface area contributed by atoms with Crippen LogP contribution in [0.4, 0.5) is 0 Å². The standard InChI is InChI=1S/C8H10N4S/c1-6-2-8(13-7(6)3-9)12-4-10-11-5-12/h2,4-5H,3,9H2,1H3. The van der Waals surface area contributed by atoms with Gasteiger partial charge in [-0.3, -0.25) is 4.57 Å². The largest absolute Gasteiger partial charge is 0.326 e. The van der Waals surface area contributed by atoms with Crippen molar-refractivity contribution < 1.29 is 0 Å². The van der Waals surface area contributed by atoms with E-state index in [1.807, 2.05) is 4.57 Å². The molecule has 2 aromatic heterocycles. The molecule has 0 aromatic carbocycles. The van der Waals surface area contributed by atoms with Crippen molar-refractivity contribution in [1.29, 1.82) is 0 Å². The lowest BCUT2D eigenvalue weighted by Crippen LogP contribution is -1.93. The molecule has 0 atom stereocenters. The maximum atomic E-state index is 5.59. The molecule has 2 N–H and O–H groups in total. The number of thiophene rings is 1. The highest BCUT2D eigenvalue weighted by atomic mass is 32.1. The van der Waals surface area contributed by atoms with Gasteiger partial charge in [-0.2, -0.15) is 0 Å². The second-order valence-corrected chi connectivity index (χ2v) is 3.88. The quantitative estimate of drug-likeness (QED) is 0.778. The molecule has 0 saturated carbocycles. The molecule has 2 aromatic rings. The molecule has 0 aliphatic rings. The number of nitrogens with two attached hydrogens (primary N) is 1. The summed E-state index contributed by atoms with van der Waals surface area (Å²) >= 11 is 1.68. The molecule has 0 saturated heterocycles. The molecule has 0 unspecified atom stereocenters. The average molecular weight is 194 g/mol. The second kappa shape index (κ2) is 3.27. The smallest absolute Gasteiger partial charge is 0.124 e. The molecule has 0 spiro atoms. The molecule has 2 rings (SSSR count). The van der Waals surface area contributed by atoms with Gasteiger partial charge in [0, 0.05) is 11.4 Å². The molecular formula is C8H10N4S. The van der Waals surface area contributed by atoms with Crippen LogP contribution >= 0.6 is 11.3 Å². The highest BCUT2D eigenvalue weighted by Crippen LogP contribution is 2.24. The van der Waals surface area contributed by atoms with Crippen LogP contribution in [0.1, 0.15) is 10.4 Å². The van der Waals surface area contributed by atoms with Crippen LogP contribution in [0.15, 0.2) is 18.7 Å². The SMILES string of the molecule is Cc1cc(-n2cnnc2)sc1CN. The first-order valence-electron chi connectivity index (χ1n) is 3.95. The Hall–Kier alpha value is -1.20. The third kappa shape index (κ3) is 1.48. The van der Waals surface area contributed by atoms with E-state index >= 15 is 0 Å². The van der Waals surface area contributed by atoms with E-state index in [1.54, 1.807) is 24.0 Å². The zero-order chi connectivity index (χ0) is 9.26. The Labute approximate surface area is 80.0 Å². The predicted molar refractivity (Wildman–Crippen MR) is 51.9 cm³/mol. The maximum absolute atomic E-state index is 5.59. The van der Waals surface area contributed by atoms with Gasteiger partial charge in [0.15, 0.2) is 0 Å². The van der Waals surface area contributed by atoms with E-state index < -0.39 is 0 Å². The normalized spacial score (nSPS) is 10.6. The first-order chi connectivity index (χ1) is 6.31. The first kappa shape index (κ1) is 8.40. The summed E-state index contributed by atoms with van der Waals surface area (Å²) in [6, 6.07) is 2.09. The van der Waals surface area contributed by atoms with E-state index in [0.29, 0.717) is 6.54 Å². The van der Waals surface area contributed by atoms with Gasteiger partial charge in [0.25, 0.3) is 0 Å². The molecule has 4 nitrogen and oxygen atoms in total. The monoisotopic (exact) mass is 194 g/mol. The third-order valence-corrected chi connectivity index (χ3v) is 3.14. The summed E-state index contributed by atoms with van der Waals surface area (Å²) in [5, 5.41) is 8.62. The van der Waals surface area contributed by atoms with Crippen molar-refractivity contribution in [3.05, 3.63) is 29.2 Å². The predicted octanol–water partition coefficient (Wildman–Crippen LogP) is 1.10. The zero-order valence-electron chi connectivity index (χ0n) is 7.27. The fraction of sp³-hybridized carbons (Fsp3) is 0.250. The molecule has 0 aliphatic heterocycles. The Kier molecular flexibility index (Phi) is 2.12. The number of nitrogens with zero attached hydrogens (tertiary/aromatic N) is 3. The second-order valence-electron chi connectivity index (χ2n) is 2.76. The zero-order valence-corrected chi connectivity index (χ0v) is 8.08. The van der Waals surface area contributed by atoms with Crippen molar-refractivity contribution in [3.63, 3.8) is 0 Å². The summed E-state index contributed by atoms with van der Waals surface area (Å²) < 4.78 is 1.89. The van der Waals surface area contributed by atoms with Crippen LogP contribution < -0.4 is 5.73 Å². The lowest BCUT2D eigenvalue weighted by molar-refractivity contribution is 1.08. The number of aryl methyl sites for hydroxylation is 1. The molecule has 0 aliphatic carbocycles. The molecule has 0 bridgehead atoms. The van der Waals surface area contributed by atoms with E-state index in [1.165, 1.54) is 10.4 Å². The van der Waals surface area contributed by atoms with Gasteiger partial charge in [0.05, 0.1) is 0 Å². The summed E-state index contributed by atoms with van der Waals surface area (Å²) in [5.74, 6) is 0. The summed E-state index contributed by atoms with van der Waals surface area (Å²) in [6.07, 6.45) is 3.37. The van der Waals surface area contributed by atoms with Gasteiger partial charge in [0.1, 0.15) is 17.7 Å². The Morgan fingerprint density at radius 3 is 2.69 bits per heavy atom. The maximum Gasteiger partial charge on any atom is 0.124 e. The molecular weight excluding hydrogens is 184 g/mol. The molecule has 0 amide bonds. The Bertz CT molecular complexity index is 390. The number of hydrogen-bond donors (Lipinski definition) is 1. The lowest BCUT2D eigenvalue weighted by atomic mass is 10.3. The van der Waals surface area contributed by atoms with Crippen LogP contribution in [-0.4, -0.2) is 14.8 Å². The van der Waals surface area contributed by atoms with Gasteiger partial charge in [-0.1, -0.05) is 0 Å².